The molecule has 142 valence electrons. The Morgan fingerprint density at radius 1 is 1.00 bits per heavy atom. The Labute approximate surface area is 168 Å². The molecule has 1 heterocycles. The topological polar surface area (TPSA) is 23.6 Å². The van der Waals surface area contributed by atoms with E-state index in [0.29, 0.717) is 15.6 Å². The van der Waals surface area contributed by atoms with Gasteiger partial charge in [0.2, 0.25) is 0 Å². The molecule has 2 aromatic rings. The molecule has 3 rings (SSSR count). The Morgan fingerprint density at radius 3 is 2.26 bits per heavy atom. The Morgan fingerprint density at radius 2 is 1.63 bits per heavy atom. The summed E-state index contributed by atoms with van der Waals surface area (Å²) in [5.41, 5.74) is -0.00241. The lowest BCUT2D eigenvalue weighted by Crippen LogP contribution is -2.43. The van der Waals surface area contributed by atoms with Gasteiger partial charge >= 0.3 is 6.18 Å². The highest BCUT2D eigenvalue weighted by Crippen LogP contribution is 2.33. The molecule has 0 unspecified atom stereocenters. The van der Waals surface area contributed by atoms with E-state index >= 15 is 0 Å². The van der Waals surface area contributed by atoms with Crippen molar-refractivity contribution >= 4 is 46.4 Å². The van der Waals surface area contributed by atoms with Crippen LogP contribution in [0, 0.1) is 0 Å². The number of anilines is 1. The van der Waals surface area contributed by atoms with Crippen molar-refractivity contribution in [3.63, 3.8) is 0 Å². The van der Waals surface area contributed by atoms with Gasteiger partial charge in [0, 0.05) is 27.5 Å². The van der Waals surface area contributed by atoms with Gasteiger partial charge in [0.05, 0.1) is 18.8 Å². The van der Waals surface area contributed by atoms with Crippen LogP contribution in [0.15, 0.2) is 53.7 Å². The molecule has 0 spiro atoms. The van der Waals surface area contributed by atoms with E-state index in [9.17, 15) is 18.0 Å². The van der Waals surface area contributed by atoms with E-state index in [1.165, 1.54) is 28.1 Å². The van der Waals surface area contributed by atoms with Crippen molar-refractivity contribution in [2.24, 2.45) is 0 Å². The molecule has 27 heavy (non-hydrogen) atoms. The molecule has 0 saturated carbocycles. The van der Waals surface area contributed by atoms with E-state index in [-0.39, 0.29) is 23.9 Å². The van der Waals surface area contributed by atoms with Gasteiger partial charge in [0.25, 0.3) is 5.91 Å². The maximum atomic E-state index is 13.0. The molecule has 1 aliphatic heterocycles. The fourth-order valence-electron chi connectivity index (χ4n) is 2.65. The van der Waals surface area contributed by atoms with Crippen LogP contribution in [0.2, 0.25) is 10.0 Å². The first-order valence-corrected chi connectivity index (χ1v) is 8.83. The molecular weight excluding hydrogens is 424 g/mol. The number of halogens is 6. The number of hydrogen-bond acceptors (Lipinski definition) is 2. The molecule has 0 atom stereocenters. The average Bonchev–Trinajstić information content (AvgIpc) is 2.61. The highest BCUT2D eigenvalue weighted by molar-refractivity contribution is 6.42. The zero-order chi connectivity index (χ0) is 19.8. The summed E-state index contributed by atoms with van der Waals surface area (Å²) in [5, 5.41) is 0.639. The van der Waals surface area contributed by atoms with Gasteiger partial charge in [-0.3, -0.25) is 4.79 Å². The summed E-state index contributed by atoms with van der Waals surface area (Å²) >= 11 is 18.3. The summed E-state index contributed by atoms with van der Waals surface area (Å²) in [7, 11) is 0. The second-order valence-corrected chi connectivity index (χ2v) is 7.06. The van der Waals surface area contributed by atoms with Crippen molar-refractivity contribution in [3.8, 4) is 0 Å². The SMILES string of the molecule is O=C1C(Cl)=CN(c2cccc(C(F)(F)F)c2)CN1Cc1c(Cl)cccc1Cl. The van der Waals surface area contributed by atoms with Gasteiger partial charge in [-0.05, 0) is 30.3 Å². The second-order valence-electron chi connectivity index (χ2n) is 5.84. The molecule has 1 amide bonds. The number of carbonyl (C=O) groups excluding carboxylic acids is 1. The Bertz CT molecular complexity index is 895. The van der Waals surface area contributed by atoms with Crippen molar-refractivity contribution in [2.75, 3.05) is 11.6 Å². The van der Waals surface area contributed by atoms with Crippen LogP contribution < -0.4 is 4.90 Å². The minimum absolute atomic E-state index is 0.00207. The fourth-order valence-corrected chi connectivity index (χ4v) is 3.40. The van der Waals surface area contributed by atoms with E-state index in [1.54, 1.807) is 18.2 Å². The molecule has 9 heteroatoms. The number of alkyl halides is 3. The third kappa shape index (κ3) is 4.34. The summed E-state index contributed by atoms with van der Waals surface area (Å²) in [4.78, 5) is 15.2. The van der Waals surface area contributed by atoms with Crippen LogP contribution in [0.4, 0.5) is 18.9 Å². The standard InChI is InChI=1S/C18H12Cl3F3N2O/c19-14-5-2-6-15(20)13(14)8-26-10-25(9-16(21)17(26)27)12-4-1-3-11(7-12)18(22,23)24/h1-7,9H,8,10H2. The number of carbonyl (C=O) groups is 1. The molecule has 0 bridgehead atoms. The van der Waals surface area contributed by atoms with E-state index in [1.807, 2.05) is 0 Å². The smallest absolute Gasteiger partial charge is 0.328 e. The highest BCUT2D eigenvalue weighted by atomic mass is 35.5. The van der Waals surface area contributed by atoms with E-state index in [0.717, 1.165) is 12.1 Å². The number of benzene rings is 2. The predicted octanol–water partition coefficient (Wildman–Crippen LogP) is 5.90. The number of rotatable bonds is 3. The van der Waals surface area contributed by atoms with Crippen molar-refractivity contribution in [3.05, 3.63) is 74.9 Å². The van der Waals surface area contributed by atoms with E-state index in [2.05, 4.69) is 0 Å². The van der Waals surface area contributed by atoms with Crippen LogP contribution in [-0.2, 0) is 17.5 Å². The number of nitrogens with zero attached hydrogens (tertiary/aromatic N) is 2. The van der Waals surface area contributed by atoms with Crippen LogP contribution in [0.5, 0.6) is 0 Å². The van der Waals surface area contributed by atoms with Crippen LogP contribution in [0.1, 0.15) is 11.1 Å². The van der Waals surface area contributed by atoms with E-state index < -0.39 is 17.6 Å². The van der Waals surface area contributed by atoms with Crippen LogP contribution >= 0.6 is 34.8 Å². The van der Waals surface area contributed by atoms with Gasteiger partial charge in [-0.2, -0.15) is 13.2 Å². The number of hydrogen-bond donors (Lipinski definition) is 0. The largest absolute Gasteiger partial charge is 0.416 e. The fraction of sp³-hybridized carbons (Fsp3) is 0.167. The third-order valence-electron chi connectivity index (χ3n) is 4.00. The summed E-state index contributed by atoms with van der Waals surface area (Å²) < 4.78 is 38.9. The Kier molecular flexibility index (Phi) is 5.60. The van der Waals surface area contributed by atoms with Crippen molar-refractivity contribution in [2.45, 2.75) is 12.7 Å². The summed E-state index contributed by atoms with van der Waals surface area (Å²) in [5.74, 6) is -0.462. The minimum Gasteiger partial charge on any atom is -0.328 e. The summed E-state index contributed by atoms with van der Waals surface area (Å²) in [6.07, 6.45) is -3.16. The van der Waals surface area contributed by atoms with E-state index in [4.69, 9.17) is 34.8 Å². The zero-order valence-electron chi connectivity index (χ0n) is 13.6. The molecule has 1 aliphatic rings. The van der Waals surface area contributed by atoms with Gasteiger partial charge in [0.15, 0.2) is 0 Å². The molecule has 0 aromatic heterocycles. The normalized spacial score (nSPS) is 15.2. The molecule has 0 fully saturated rings. The van der Waals surface area contributed by atoms with Gasteiger partial charge in [-0.1, -0.05) is 46.9 Å². The summed E-state index contributed by atoms with van der Waals surface area (Å²) in [6.45, 7) is 0.0643. The molecule has 3 nitrogen and oxygen atoms in total. The molecular formula is C18H12Cl3F3N2O. The predicted molar refractivity (Wildman–Crippen MR) is 99.7 cm³/mol. The van der Waals surface area contributed by atoms with Crippen molar-refractivity contribution in [1.82, 2.24) is 4.90 Å². The Hall–Kier alpha value is -1.89. The summed E-state index contributed by atoms with van der Waals surface area (Å²) in [6, 6.07) is 9.73. The minimum atomic E-state index is -4.47. The lowest BCUT2D eigenvalue weighted by atomic mass is 10.1. The van der Waals surface area contributed by atoms with Crippen LogP contribution in [0.3, 0.4) is 0 Å². The number of amides is 1. The molecule has 0 saturated heterocycles. The van der Waals surface area contributed by atoms with Crippen molar-refractivity contribution in [1.29, 1.82) is 0 Å². The molecule has 0 N–H and O–H groups in total. The lowest BCUT2D eigenvalue weighted by Gasteiger charge is -2.34. The maximum Gasteiger partial charge on any atom is 0.416 e. The van der Waals surface area contributed by atoms with Crippen LogP contribution in [0.25, 0.3) is 0 Å². The van der Waals surface area contributed by atoms with Gasteiger partial charge < -0.3 is 9.80 Å². The van der Waals surface area contributed by atoms with Crippen molar-refractivity contribution < 1.29 is 18.0 Å². The lowest BCUT2D eigenvalue weighted by molar-refractivity contribution is -0.137. The molecule has 0 radical (unpaired) electrons. The molecule has 0 aliphatic carbocycles. The third-order valence-corrected chi connectivity index (χ3v) is 4.97. The zero-order valence-corrected chi connectivity index (χ0v) is 15.9. The molecule has 2 aromatic carbocycles. The second kappa shape index (κ2) is 7.62. The first-order valence-electron chi connectivity index (χ1n) is 7.70. The van der Waals surface area contributed by atoms with Gasteiger partial charge in [-0.15, -0.1) is 0 Å². The highest BCUT2D eigenvalue weighted by Gasteiger charge is 2.32. The van der Waals surface area contributed by atoms with Gasteiger partial charge in [-0.25, -0.2) is 0 Å². The first-order chi connectivity index (χ1) is 12.7. The maximum absolute atomic E-state index is 13.0. The quantitative estimate of drug-likeness (QED) is 0.599. The monoisotopic (exact) mass is 434 g/mol. The Balaban J connectivity index is 1.91. The average molecular weight is 436 g/mol. The first kappa shape index (κ1) is 19.9. The van der Waals surface area contributed by atoms with Gasteiger partial charge in [0.1, 0.15) is 5.03 Å². The van der Waals surface area contributed by atoms with Crippen LogP contribution in [-0.4, -0.2) is 17.5 Å².